The van der Waals surface area contributed by atoms with Gasteiger partial charge in [-0.1, -0.05) is 38.3 Å². The van der Waals surface area contributed by atoms with Crippen molar-refractivity contribution < 1.29 is 27.8 Å². The predicted octanol–water partition coefficient (Wildman–Crippen LogP) is 5.88. The van der Waals surface area contributed by atoms with Gasteiger partial charge in [0.1, 0.15) is 5.75 Å². The Labute approximate surface area is 157 Å². The van der Waals surface area contributed by atoms with Gasteiger partial charge in [0, 0.05) is 0 Å². The molecule has 0 radical (unpaired) electrons. The minimum Gasteiger partial charge on any atom is -0.483 e. The van der Waals surface area contributed by atoms with Crippen molar-refractivity contribution in [2.45, 2.75) is 45.2 Å². The van der Waals surface area contributed by atoms with Crippen LogP contribution in [0.5, 0.6) is 5.75 Å². The highest BCUT2D eigenvalue weighted by atomic mass is 127. The molecule has 1 aromatic rings. The number of halogens is 5. The van der Waals surface area contributed by atoms with Crippen LogP contribution in [0.4, 0.5) is 13.2 Å². The second-order valence-electron chi connectivity index (χ2n) is 5.74. The van der Waals surface area contributed by atoms with Crippen LogP contribution in [0.25, 0.3) is 0 Å². The van der Waals surface area contributed by atoms with Gasteiger partial charge >= 0.3 is 12.1 Å². The molecule has 0 amide bonds. The van der Waals surface area contributed by atoms with Crippen LogP contribution in [0.15, 0.2) is 12.1 Å². The minimum absolute atomic E-state index is 0.0511. The molecule has 0 aliphatic heterocycles. The monoisotopic (exact) mass is 478 g/mol. The Morgan fingerprint density at radius 3 is 2.54 bits per heavy atom. The summed E-state index contributed by atoms with van der Waals surface area (Å²) in [5, 5.41) is 9.67. The fourth-order valence-corrected chi connectivity index (χ4v) is 3.13. The van der Waals surface area contributed by atoms with Crippen molar-refractivity contribution in [1.82, 2.24) is 0 Å². The first kappa shape index (κ1) is 21.3. The summed E-state index contributed by atoms with van der Waals surface area (Å²) in [5.74, 6) is -1.75. The third-order valence-corrected chi connectivity index (χ3v) is 5.26. The predicted molar refractivity (Wildman–Crippen MR) is 94.8 cm³/mol. The Morgan fingerprint density at radius 1 is 1.42 bits per heavy atom. The molecule has 0 aromatic heterocycles. The van der Waals surface area contributed by atoms with Gasteiger partial charge in [-0.2, -0.15) is 13.2 Å². The van der Waals surface area contributed by atoms with Gasteiger partial charge in [-0.3, -0.25) is 4.79 Å². The first-order chi connectivity index (χ1) is 11.0. The Balaban J connectivity index is 3.11. The Bertz CT molecular complexity index is 578. The molecule has 136 valence electrons. The number of hydrogen-bond donors (Lipinski definition) is 1. The number of alkyl halides is 3. The van der Waals surface area contributed by atoms with E-state index in [-0.39, 0.29) is 16.7 Å². The molecule has 24 heavy (non-hydrogen) atoms. The molecule has 1 N–H and O–H groups in total. The van der Waals surface area contributed by atoms with Crippen LogP contribution in [0.2, 0.25) is 5.02 Å². The van der Waals surface area contributed by atoms with Crippen LogP contribution < -0.4 is 4.74 Å². The molecular weight excluding hydrogens is 460 g/mol. The van der Waals surface area contributed by atoms with Crippen LogP contribution in [0, 0.1) is 9.49 Å². The number of aliphatic carboxylic acids is 1. The molecule has 0 heterocycles. The van der Waals surface area contributed by atoms with Crippen molar-refractivity contribution in [1.29, 1.82) is 0 Å². The lowest BCUT2D eigenvalue weighted by Gasteiger charge is -2.20. The molecule has 0 spiro atoms. The number of carbonyl (C=O) groups is 1. The molecule has 2 unspecified atom stereocenters. The molecule has 3 nitrogen and oxygen atoms in total. The number of hydrogen-bond acceptors (Lipinski definition) is 2. The smallest absolute Gasteiger partial charge is 0.422 e. The van der Waals surface area contributed by atoms with Crippen molar-refractivity contribution in [3.63, 3.8) is 0 Å². The van der Waals surface area contributed by atoms with Crippen molar-refractivity contribution in [2.24, 2.45) is 5.92 Å². The fourth-order valence-electron chi connectivity index (χ4n) is 2.44. The average Bonchev–Trinajstić information content (AvgIpc) is 2.45. The summed E-state index contributed by atoms with van der Waals surface area (Å²) in [6.45, 7) is 2.51. The van der Waals surface area contributed by atoms with Crippen LogP contribution in [0.1, 0.15) is 44.6 Å². The van der Waals surface area contributed by atoms with E-state index in [0.29, 0.717) is 15.6 Å². The zero-order valence-corrected chi connectivity index (χ0v) is 16.2. The third-order valence-electron chi connectivity index (χ3n) is 3.53. The topological polar surface area (TPSA) is 46.5 Å². The van der Waals surface area contributed by atoms with E-state index in [4.69, 9.17) is 16.3 Å². The Hall–Kier alpha value is -0.700. The summed E-state index contributed by atoms with van der Waals surface area (Å²) < 4.78 is 42.2. The first-order valence-electron chi connectivity index (χ1n) is 7.46. The fraction of sp³-hybridized carbons (Fsp3) is 0.562. The Morgan fingerprint density at radius 2 is 2.04 bits per heavy atom. The summed E-state index contributed by atoms with van der Waals surface area (Å²) >= 11 is 7.83. The highest BCUT2D eigenvalue weighted by Gasteiger charge is 2.30. The van der Waals surface area contributed by atoms with Gasteiger partial charge in [0.25, 0.3) is 0 Å². The van der Waals surface area contributed by atoms with Crippen molar-refractivity contribution in [3.05, 3.63) is 26.3 Å². The lowest BCUT2D eigenvalue weighted by Crippen LogP contribution is -2.20. The summed E-state index contributed by atoms with van der Waals surface area (Å²) in [6, 6.07) is 2.83. The molecule has 0 aliphatic rings. The largest absolute Gasteiger partial charge is 0.483 e. The van der Waals surface area contributed by atoms with Crippen molar-refractivity contribution >= 4 is 40.2 Å². The minimum atomic E-state index is -4.48. The van der Waals surface area contributed by atoms with Crippen molar-refractivity contribution in [3.8, 4) is 5.75 Å². The van der Waals surface area contributed by atoms with E-state index in [9.17, 15) is 23.1 Å². The van der Waals surface area contributed by atoms with Gasteiger partial charge in [-0.25, -0.2) is 0 Å². The molecule has 0 saturated carbocycles. The average molecular weight is 479 g/mol. The molecule has 0 bridgehead atoms. The van der Waals surface area contributed by atoms with Crippen molar-refractivity contribution in [2.75, 3.05) is 6.61 Å². The van der Waals surface area contributed by atoms with E-state index in [1.54, 1.807) is 22.6 Å². The number of rotatable bonds is 8. The van der Waals surface area contributed by atoms with E-state index < -0.39 is 24.7 Å². The molecule has 2 atom stereocenters. The molecule has 1 aromatic carbocycles. The molecule has 0 aliphatic carbocycles. The summed E-state index contributed by atoms with van der Waals surface area (Å²) in [5.41, 5.74) is 0.355. The number of ether oxygens (including phenoxy) is 1. The van der Waals surface area contributed by atoms with Gasteiger partial charge in [-0.15, -0.1) is 0 Å². The SMILES string of the molecule is CCCC(C)CC(C(=O)O)c1cc(Cl)c(I)c(OCC(F)(F)F)c1. The maximum absolute atomic E-state index is 12.4. The second kappa shape index (κ2) is 9.12. The quantitative estimate of drug-likeness (QED) is 0.475. The number of benzene rings is 1. The molecule has 0 fully saturated rings. The third kappa shape index (κ3) is 6.66. The normalized spacial score (nSPS) is 14.3. The van der Waals surface area contributed by atoms with E-state index in [1.165, 1.54) is 12.1 Å². The molecular formula is C16H19ClF3IO3. The van der Waals surface area contributed by atoms with E-state index in [0.717, 1.165) is 12.8 Å². The van der Waals surface area contributed by atoms with Crippen LogP contribution in [-0.2, 0) is 4.79 Å². The maximum Gasteiger partial charge on any atom is 0.422 e. The number of carboxylic acids is 1. The summed E-state index contributed by atoms with van der Waals surface area (Å²) in [4.78, 5) is 11.6. The molecule has 0 saturated heterocycles. The lowest BCUT2D eigenvalue weighted by molar-refractivity contribution is -0.153. The standard InChI is InChI=1S/C16H19ClF3IO3/c1-3-4-9(2)5-11(15(22)23)10-6-12(17)14(21)13(7-10)24-8-16(18,19)20/h6-7,9,11H,3-5,8H2,1-2H3,(H,22,23). The van der Waals surface area contributed by atoms with Gasteiger partial charge < -0.3 is 9.84 Å². The number of carboxylic acid groups (broad SMARTS) is 1. The summed E-state index contributed by atoms with van der Waals surface area (Å²) in [7, 11) is 0. The second-order valence-corrected chi connectivity index (χ2v) is 7.23. The van der Waals surface area contributed by atoms with Gasteiger partial charge in [0.15, 0.2) is 6.61 Å². The molecule has 8 heteroatoms. The highest BCUT2D eigenvalue weighted by molar-refractivity contribution is 14.1. The van der Waals surface area contributed by atoms with E-state index in [2.05, 4.69) is 0 Å². The zero-order chi connectivity index (χ0) is 18.5. The van der Waals surface area contributed by atoms with Gasteiger partial charge in [0.2, 0.25) is 0 Å². The first-order valence-corrected chi connectivity index (χ1v) is 8.92. The highest BCUT2D eigenvalue weighted by Crippen LogP contribution is 2.36. The molecule has 1 rings (SSSR count). The maximum atomic E-state index is 12.4. The summed E-state index contributed by atoms with van der Waals surface area (Å²) in [6.07, 6.45) is -2.29. The lowest BCUT2D eigenvalue weighted by atomic mass is 9.87. The van der Waals surface area contributed by atoms with E-state index in [1.807, 2.05) is 13.8 Å². The van der Waals surface area contributed by atoms with Gasteiger partial charge in [-0.05, 0) is 52.6 Å². The van der Waals surface area contributed by atoms with Crippen LogP contribution in [0.3, 0.4) is 0 Å². The van der Waals surface area contributed by atoms with Crippen LogP contribution in [-0.4, -0.2) is 23.9 Å². The Kier molecular flexibility index (Phi) is 8.11. The van der Waals surface area contributed by atoms with E-state index >= 15 is 0 Å². The zero-order valence-electron chi connectivity index (χ0n) is 13.3. The van der Waals surface area contributed by atoms with Gasteiger partial charge in [0.05, 0.1) is 14.5 Å². The van der Waals surface area contributed by atoms with Crippen LogP contribution >= 0.6 is 34.2 Å².